The zero-order chi connectivity index (χ0) is 17.1. The molecular formula is C22H20N2S. The van der Waals surface area contributed by atoms with E-state index in [0.717, 1.165) is 28.7 Å². The zero-order valence-electron chi connectivity index (χ0n) is 14.2. The van der Waals surface area contributed by atoms with Gasteiger partial charge in [0.1, 0.15) is 0 Å². The molecule has 3 heteroatoms. The molecule has 1 aromatic heterocycles. The highest BCUT2D eigenvalue weighted by molar-refractivity contribution is 7.98. The first-order valence-electron chi connectivity index (χ1n) is 8.48. The Morgan fingerprint density at radius 2 is 1.64 bits per heavy atom. The minimum absolute atomic E-state index is 0.873. The topological polar surface area (TPSA) is 28.7 Å². The molecule has 3 aromatic carbocycles. The molecule has 1 heterocycles. The third kappa shape index (κ3) is 3.62. The summed E-state index contributed by atoms with van der Waals surface area (Å²) in [4.78, 5) is 8.24. The van der Waals surface area contributed by atoms with Gasteiger partial charge in [-0.3, -0.25) is 0 Å². The fourth-order valence-electron chi connectivity index (χ4n) is 3.06. The van der Waals surface area contributed by atoms with Gasteiger partial charge in [0.15, 0.2) is 5.16 Å². The standard InChI is InChI=1S/C22H20N2S/c1-16-21(14-17-8-3-2-4-9-17)24-22(23-16)25-15-19-12-7-11-18-10-5-6-13-20(18)19/h2-13H,14-15H2,1H3,(H,23,24). The minimum Gasteiger partial charge on any atom is -0.337 e. The highest BCUT2D eigenvalue weighted by Gasteiger charge is 2.09. The number of fused-ring (bicyclic) bond motifs is 1. The first kappa shape index (κ1) is 16.0. The number of hydrogen-bond donors (Lipinski definition) is 1. The van der Waals surface area contributed by atoms with Crippen molar-refractivity contribution in [3.05, 3.63) is 95.3 Å². The van der Waals surface area contributed by atoms with Crippen molar-refractivity contribution in [3.63, 3.8) is 0 Å². The van der Waals surface area contributed by atoms with Crippen LogP contribution in [-0.2, 0) is 12.2 Å². The molecule has 4 aromatic rings. The van der Waals surface area contributed by atoms with Crippen molar-refractivity contribution in [1.29, 1.82) is 0 Å². The Morgan fingerprint density at radius 1 is 0.880 bits per heavy atom. The van der Waals surface area contributed by atoms with Crippen molar-refractivity contribution in [2.75, 3.05) is 0 Å². The maximum absolute atomic E-state index is 4.81. The van der Waals surface area contributed by atoms with Crippen molar-refractivity contribution >= 4 is 22.5 Å². The van der Waals surface area contributed by atoms with E-state index in [1.54, 1.807) is 11.8 Å². The van der Waals surface area contributed by atoms with Crippen molar-refractivity contribution in [3.8, 4) is 0 Å². The molecule has 0 aliphatic rings. The van der Waals surface area contributed by atoms with Gasteiger partial charge >= 0.3 is 0 Å². The summed E-state index contributed by atoms with van der Waals surface area (Å²) in [7, 11) is 0. The number of thioether (sulfide) groups is 1. The van der Waals surface area contributed by atoms with E-state index in [2.05, 4.69) is 78.6 Å². The highest BCUT2D eigenvalue weighted by atomic mass is 32.2. The van der Waals surface area contributed by atoms with E-state index in [-0.39, 0.29) is 0 Å². The molecule has 0 atom stereocenters. The van der Waals surface area contributed by atoms with Gasteiger partial charge < -0.3 is 4.98 Å². The molecule has 0 unspecified atom stereocenters. The SMILES string of the molecule is Cc1[nH]c(SCc2cccc3ccccc23)nc1Cc1ccccc1. The monoisotopic (exact) mass is 344 g/mol. The molecule has 0 saturated heterocycles. The lowest BCUT2D eigenvalue weighted by Gasteiger charge is -2.05. The van der Waals surface area contributed by atoms with Crippen molar-refractivity contribution in [2.24, 2.45) is 0 Å². The van der Waals surface area contributed by atoms with Crippen molar-refractivity contribution < 1.29 is 0 Å². The van der Waals surface area contributed by atoms with Gasteiger partial charge in [0.05, 0.1) is 5.69 Å². The molecule has 0 fully saturated rings. The number of aromatic amines is 1. The first-order chi connectivity index (χ1) is 12.3. The molecule has 4 rings (SSSR count). The van der Waals surface area contributed by atoms with Gasteiger partial charge in [-0.05, 0) is 28.8 Å². The smallest absolute Gasteiger partial charge is 0.166 e. The third-order valence-electron chi connectivity index (χ3n) is 4.42. The first-order valence-corrected chi connectivity index (χ1v) is 9.47. The number of hydrogen-bond acceptors (Lipinski definition) is 2. The molecule has 1 N–H and O–H groups in total. The summed E-state index contributed by atoms with van der Waals surface area (Å²) in [5.74, 6) is 0.916. The normalized spacial score (nSPS) is 11.1. The maximum atomic E-state index is 4.81. The van der Waals surface area contributed by atoms with E-state index in [9.17, 15) is 0 Å². The van der Waals surface area contributed by atoms with E-state index in [4.69, 9.17) is 4.98 Å². The number of benzene rings is 3. The van der Waals surface area contributed by atoms with Gasteiger partial charge in [-0.15, -0.1) is 0 Å². The molecular weight excluding hydrogens is 324 g/mol. The molecule has 0 aliphatic carbocycles. The quantitative estimate of drug-likeness (QED) is 0.467. The molecule has 2 nitrogen and oxygen atoms in total. The zero-order valence-corrected chi connectivity index (χ0v) is 15.0. The van der Waals surface area contributed by atoms with Gasteiger partial charge in [-0.1, -0.05) is 84.6 Å². The van der Waals surface area contributed by atoms with Crippen LogP contribution in [0.3, 0.4) is 0 Å². The molecule has 0 saturated carbocycles. The van der Waals surface area contributed by atoms with Crippen LogP contribution in [0.4, 0.5) is 0 Å². The second kappa shape index (κ2) is 7.16. The second-order valence-corrected chi connectivity index (χ2v) is 7.17. The summed E-state index contributed by atoms with van der Waals surface area (Å²) in [6.07, 6.45) is 0.873. The number of imidazole rings is 1. The van der Waals surface area contributed by atoms with Crippen LogP contribution in [0.2, 0.25) is 0 Å². The number of H-pyrrole nitrogens is 1. The Morgan fingerprint density at radius 3 is 2.52 bits per heavy atom. The lowest BCUT2D eigenvalue weighted by Crippen LogP contribution is -1.90. The molecule has 25 heavy (non-hydrogen) atoms. The summed E-state index contributed by atoms with van der Waals surface area (Å²) in [6, 6.07) is 25.6. The second-order valence-electron chi connectivity index (χ2n) is 6.20. The van der Waals surface area contributed by atoms with Crippen molar-refractivity contribution in [1.82, 2.24) is 9.97 Å². The van der Waals surface area contributed by atoms with Gasteiger partial charge in [0, 0.05) is 17.9 Å². The van der Waals surface area contributed by atoms with Crippen LogP contribution in [-0.4, -0.2) is 9.97 Å². The lowest BCUT2D eigenvalue weighted by molar-refractivity contribution is 1.01. The average molecular weight is 344 g/mol. The molecule has 0 aliphatic heterocycles. The summed E-state index contributed by atoms with van der Waals surface area (Å²) in [5, 5.41) is 3.61. The van der Waals surface area contributed by atoms with E-state index in [1.165, 1.54) is 21.9 Å². The maximum Gasteiger partial charge on any atom is 0.166 e. The van der Waals surface area contributed by atoms with Crippen molar-refractivity contribution in [2.45, 2.75) is 24.3 Å². The van der Waals surface area contributed by atoms with Crippen LogP contribution in [0.1, 0.15) is 22.5 Å². The molecule has 0 amide bonds. The third-order valence-corrected chi connectivity index (χ3v) is 5.34. The van der Waals surface area contributed by atoms with Crippen LogP contribution in [0.5, 0.6) is 0 Å². The van der Waals surface area contributed by atoms with Crippen LogP contribution in [0, 0.1) is 6.92 Å². The van der Waals surface area contributed by atoms with Gasteiger partial charge in [-0.2, -0.15) is 0 Å². The number of nitrogens with zero attached hydrogens (tertiary/aromatic N) is 1. The number of aryl methyl sites for hydroxylation is 1. The van der Waals surface area contributed by atoms with Gasteiger partial charge in [-0.25, -0.2) is 4.98 Å². The average Bonchev–Trinajstić information content (AvgIpc) is 3.00. The Balaban J connectivity index is 1.51. The van der Waals surface area contributed by atoms with Crippen LogP contribution >= 0.6 is 11.8 Å². The minimum atomic E-state index is 0.873. The summed E-state index contributed by atoms with van der Waals surface area (Å²) < 4.78 is 0. The molecule has 124 valence electrons. The number of nitrogens with one attached hydrogen (secondary N) is 1. The van der Waals surface area contributed by atoms with E-state index in [0.29, 0.717) is 0 Å². The Hall–Kier alpha value is -2.52. The summed E-state index contributed by atoms with van der Waals surface area (Å²) >= 11 is 1.77. The van der Waals surface area contributed by atoms with Gasteiger partial charge in [0.25, 0.3) is 0 Å². The number of aromatic nitrogens is 2. The fraction of sp³-hybridized carbons (Fsp3) is 0.136. The molecule has 0 spiro atoms. The molecule has 0 radical (unpaired) electrons. The largest absolute Gasteiger partial charge is 0.337 e. The Bertz CT molecular complexity index is 984. The fourth-order valence-corrected chi connectivity index (χ4v) is 4.01. The van der Waals surface area contributed by atoms with Crippen LogP contribution < -0.4 is 0 Å². The van der Waals surface area contributed by atoms with E-state index >= 15 is 0 Å². The predicted octanol–water partition coefficient (Wildman–Crippen LogP) is 5.75. The lowest BCUT2D eigenvalue weighted by atomic mass is 10.1. The van der Waals surface area contributed by atoms with E-state index in [1.807, 2.05) is 6.07 Å². The summed E-state index contributed by atoms with van der Waals surface area (Å²) in [5.41, 5.74) is 4.93. The van der Waals surface area contributed by atoms with Crippen LogP contribution in [0.25, 0.3) is 10.8 Å². The summed E-state index contributed by atoms with van der Waals surface area (Å²) in [6.45, 7) is 2.10. The Kier molecular flexibility index (Phi) is 4.57. The highest BCUT2D eigenvalue weighted by Crippen LogP contribution is 2.27. The van der Waals surface area contributed by atoms with E-state index < -0.39 is 0 Å². The Labute approximate surface area is 152 Å². The predicted molar refractivity (Wildman–Crippen MR) is 106 cm³/mol. The number of rotatable bonds is 5. The van der Waals surface area contributed by atoms with Crippen LogP contribution in [0.15, 0.2) is 78.0 Å². The molecule has 0 bridgehead atoms. The van der Waals surface area contributed by atoms with Gasteiger partial charge in [0.2, 0.25) is 0 Å².